The molecule has 1 aliphatic rings. The predicted octanol–water partition coefficient (Wildman–Crippen LogP) is 0.755. The van der Waals surface area contributed by atoms with E-state index in [0.717, 1.165) is 6.42 Å². The van der Waals surface area contributed by atoms with Crippen molar-refractivity contribution >= 4 is 29.5 Å². The van der Waals surface area contributed by atoms with Gasteiger partial charge in [0.15, 0.2) is 0 Å². The third kappa shape index (κ3) is 8.45. The smallest absolute Gasteiger partial charge is 0.230 e. The highest BCUT2D eigenvalue weighted by atomic mass is 32.2. The molecule has 1 aromatic rings. The number of carbonyl (C=O) groups is 3. The van der Waals surface area contributed by atoms with Crippen LogP contribution in [-0.4, -0.2) is 47.6 Å². The van der Waals surface area contributed by atoms with Gasteiger partial charge in [-0.3, -0.25) is 19.7 Å². The van der Waals surface area contributed by atoms with E-state index in [1.807, 2.05) is 44.2 Å². The van der Waals surface area contributed by atoms with Crippen LogP contribution in [0.1, 0.15) is 32.3 Å². The topological polar surface area (TPSA) is 99.3 Å². The summed E-state index contributed by atoms with van der Waals surface area (Å²) >= 11 is 1.31. The van der Waals surface area contributed by atoms with Crippen molar-refractivity contribution in [3.63, 3.8) is 0 Å². The van der Waals surface area contributed by atoms with Crippen LogP contribution in [0.3, 0.4) is 0 Å². The van der Waals surface area contributed by atoms with E-state index < -0.39 is 0 Å². The van der Waals surface area contributed by atoms with Crippen LogP contribution < -0.4 is 21.3 Å². The van der Waals surface area contributed by atoms with Crippen LogP contribution in [0.25, 0.3) is 0 Å². The highest BCUT2D eigenvalue weighted by molar-refractivity contribution is 8.00. The monoisotopic (exact) mass is 392 g/mol. The second-order valence-electron chi connectivity index (χ2n) is 6.84. The van der Waals surface area contributed by atoms with E-state index >= 15 is 0 Å². The highest BCUT2D eigenvalue weighted by Crippen LogP contribution is 2.14. The fraction of sp³-hybridized carbons (Fsp3) is 0.526. The quantitative estimate of drug-likeness (QED) is 0.497. The number of benzene rings is 1. The summed E-state index contributed by atoms with van der Waals surface area (Å²) < 4.78 is 0. The molecule has 0 aliphatic carbocycles. The van der Waals surface area contributed by atoms with Crippen molar-refractivity contribution in [1.82, 2.24) is 21.3 Å². The van der Waals surface area contributed by atoms with Gasteiger partial charge in [-0.05, 0) is 25.8 Å². The van der Waals surface area contributed by atoms with Crippen molar-refractivity contribution in [2.75, 3.05) is 12.3 Å². The van der Waals surface area contributed by atoms with Gasteiger partial charge in [0.25, 0.3) is 0 Å². The summed E-state index contributed by atoms with van der Waals surface area (Å²) in [4.78, 5) is 35.8. The molecule has 2 rings (SSSR count). The largest absolute Gasteiger partial charge is 0.356 e. The molecular weight excluding hydrogens is 364 g/mol. The molecule has 148 valence electrons. The van der Waals surface area contributed by atoms with Crippen LogP contribution >= 0.6 is 11.8 Å². The zero-order valence-corrected chi connectivity index (χ0v) is 16.6. The fourth-order valence-electron chi connectivity index (χ4n) is 2.77. The van der Waals surface area contributed by atoms with Crippen molar-refractivity contribution in [2.24, 2.45) is 0 Å². The lowest BCUT2D eigenvalue weighted by molar-refractivity contribution is -0.125. The molecule has 1 heterocycles. The molecule has 0 saturated carbocycles. The van der Waals surface area contributed by atoms with E-state index in [0.29, 0.717) is 6.54 Å². The van der Waals surface area contributed by atoms with Gasteiger partial charge < -0.3 is 16.0 Å². The molecule has 1 aliphatic heterocycles. The summed E-state index contributed by atoms with van der Waals surface area (Å²) in [7, 11) is 0. The Kier molecular flexibility index (Phi) is 8.60. The summed E-state index contributed by atoms with van der Waals surface area (Å²) in [6.07, 6.45) is 1.26. The van der Waals surface area contributed by atoms with E-state index in [9.17, 15) is 14.4 Å². The third-order valence-electron chi connectivity index (χ3n) is 3.95. The molecule has 4 N–H and O–H groups in total. The first-order valence-corrected chi connectivity index (χ1v) is 10.2. The Morgan fingerprint density at radius 3 is 2.67 bits per heavy atom. The van der Waals surface area contributed by atoms with Crippen molar-refractivity contribution < 1.29 is 14.4 Å². The van der Waals surface area contributed by atoms with Gasteiger partial charge in [-0.2, -0.15) is 0 Å². The van der Waals surface area contributed by atoms with Gasteiger partial charge in [-0.25, -0.2) is 0 Å². The maximum atomic E-state index is 12.1. The van der Waals surface area contributed by atoms with Crippen molar-refractivity contribution in [1.29, 1.82) is 0 Å². The number of hydrogen-bond donors (Lipinski definition) is 4. The first kappa shape index (κ1) is 21.2. The Hall–Kier alpha value is -2.06. The van der Waals surface area contributed by atoms with Gasteiger partial charge in [0.05, 0.1) is 5.75 Å². The maximum absolute atomic E-state index is 12.1. The van der Waals surface area contributed by atoms with E-state index in [-0.39, 0.29) is 53.9 Å². The molecule has 1 aromatic carbocycles. The molecule has 27 heavy (non-hydrogen) atoms. The van der Waals surface area contributed by atoms with Crippen LogP contribution in [0.5, 0.6) is 0 Å². The molecule has 0 spiro atoms. The molecule has 1 saturated heterocycles. The number of thioether (sulfide) groups is 1. The first-order chi connectivity index (χ1) is 12.9. The van der Waals surface area contributed by atoms with Crippen molar-refractivity contribution in [3.8, 4) is 0 Å². The maximum Gasteiger partial charge on any atom is 0.230 e. The number of amides is 3. The second kappa shape index (κ2) is 10.9. The van der Waals surface area contributed by atoms with Gasteiger partial charge in [0.1, 0.15) is 5.50 Å². The van der Waals surface area contributed by atoms with Gasteiger partial charge in [-0.15, -0.1) is 11.8 Å². The Morgan fingerprint density at radius 2 is 1.96 bits per heavy atom. The summed E-state index contributed by atoms with van der Waals surface area (Å²) in [6, 6.07) is 9.80. The zero-order chi connectivity index (χ0) is 19.6. The first-order valence-electron chi connectivity index (χ1n) is 9.19. The van der Waals surface area contributed by atoms with E-state index in [1.165, 1.54) is 17.3 Å². The Labute approximate surface area is 164 Å². The average molecular weight is 393 g/mol. The average Bonchev–Trinajstić information content (AvgIpc) is 2.60. The van der Waals surface area contributed by atoms with Crippen LogP contribution in [0.2, 0.25) is 0 Å². The number of rotatable bonds is 9. The minimum Gasteiger partial charge on any atom is -0.356 e. The molecule has 2 atom stereocenters. The molecule has 2 unspecified atom stereocenters. The van der Waals surface area contributed by atoms with Crippen LogP contribution in [0.4, 0.5) is 0 Å². The van der Waals surface area contributed by atoms with E-state index in [2.05, 4.69) is 21.3 Å². The summed E-state index contributed by atoms with van der Waals surface area (Å²) in [5, 5.41) is 11.7. The molecule has 1 fully saturated rings. The molecule has 0 bridgehead atoms. The molecular formula is C19H28N4O3S. The van der Waals surface area contributed by atoms with Crippen molar-refractivity contribution in [2.45, 2.75) is 50.7 Å². The molecule has 0 radical (unpaired) electrons. The molecule has 7 nitrogen and oxygen atoms in total. The van der Waals surface area contributed by atoms with Crippen LogP contribution in [-0.2, 0) is 20.8 Å². The normalized spacial score (nSPS) is 19.4. The second-order valence-corrected chi connectivity index (χ2v) is 7.93. The summed E-state index contributed by atoms with van der Waals surface area (Å²) in [6.45, 7) is 4.36. The van der Waals surface area contributed by atoms with Gasteiger partial charge in [0.2, 0.25) is 17.7 Å². The SMILES string of the molecule is CC(C)NC(=O)CSC1NC(=O)CC(CC(=O)NCCc2ccccc2)N1. The third-order valence-corrected chi connectivity index (χ3v) is 4.97. The number of nitrogens with one attached hydrogen (secondary N) is 4. The minimum absolute atomic E-state index is 0.0770. The lowest BCUT2D eigenvalue weighted by atomic mass is 10.1. The number of carbonyl (C=O) groups excluding carboxylic acids is 3. The minimum atomic E-state index is -0.369. The van der Waals surface area contributed by atoms with Gasteiger partial charge in [0, 0.05) is 31.5 Å². The van der Waals surface area contributed by atoms with Crippen LogP contribution in [0.15, 0.2) is 30.3 Å². The Balaban J connectivity index is 1.70. The summed E-state index contributed by atoms with van der Waals surface area (Å²) in [5.41, 5.74) is 0.801. The van der Waals surface area contributed by atoms with E-state index in [4.69, 9.17) is 0 Å². The Morgan fingerprint density at radius 1 is 1.22 bits per heavy atom. The van der Waals surface area contributed by atoms with Gasteiger partial charge >= 0.3 is 0 Å². The summed E-state index contributed by atoms with van der Waals surface area (Å²) in [5.74, 6) is -0.0320. The van der Waals surface area contributed by atoms with Gasteiger partial charge in [-0.1, -0.05) is 30.3 Å². The lowest BCUT2D eigenvalue weighted by Crippen LogP contribution is -2.56. The zero-order valence-electron chi connectivity index (χ0n) is 15.8. The lowest BCUT2D eigenvalue weighted by Gasteiger charge is -2.30. The molecule has 8 heteroatoms. The standard InChI is InChI=1S/C19H28N4O3S/c1-13(2)21-18(26)12-27-19-22-15(11-17(25)23-19)10-16(24)20-9-8-14-6-4-3-5-7-14/h3-7,13,15,19,22H,8-12H2,1-2H3,(H,20,24)(H,21,26)(H,23,25). The van der Waals surface area contributed by atoms with Crippen LogP contribution in [0, 0.1) is 0 Å². The molecule has 3 amide bonds. The molecule has 0 aromatic heterocycles. The fourth-order valence-corrected chi connectivity index (χ4v) is 3.68. The highest BCUT2D eigenvalue weighted by Gasteiger charge is 2.28. The Bertz CT molecular complexity index is 639. The van der Waals surface area contributed by atoms with E-state index in [1.54, 1.807) is 0 Å². The van der Waals surface area contributed by atoms with Crippen molar-refractivity contribution in [3.05, 3.63) is 35.9 Å². The number of hydrogen-bond acceptors (Lipinski definition) is 5. The predicted molar refractivity (Wildman–Crippen MR) is 107 cm³/mol.